The minimum absolute atomic E-state index is 0.181. The van der Waals surface area contributed by atoms with Crippen molar-refractivity contribution in [3.63, 3.8) is 0 Å². The summed E-state index contributed by atoms with van der Waals surface area (Å²) < 4.78 is 5.75. The molecular formula is C19H13N3O3S. The number of para-hydroxylation sites is 1. The third kappa shape index (κ3) is 2.41. The summed E-state index contributed by atoms with van der Waals surface area (Å²) >= 11 is 1.46. The van der Waals surface area contributed by atoms with Crippen LogP contribution in [0.5, 0.6) is 5.75 Å². The van der Waals surface area contributed by atoms with Gasteiger partial charge in [-0.3, -0.25) is 4.79 Å². The van der Waals surface area contributed by atoms with E-state index in [0.29, 0.717) is 28.2 Å². The molecular weight excluding hydrogens is 350 g/mol. The predicted molar refractivity (Wildman–Crippen MR) is 101 cm³/mol. The van der Waals surface area contributed by atoms with Gasteiger partial charge in [-0.1, -0.05) is 12.1 Å². The number of aromatic nitrogens is 2. The number of aromatic amines is 2. The lowest BCUT2D eigenvalue weighted by Gasteiger charge is -2.16. The summed E-state index contributed by atoms with van der Waals surface area (Å²) in [4.78, 5) is 31.1. The molecule has 26 heavy (non-hydrogen) atoms. The Hall–Kier alpha value is -3.32. The number of carbonyl (C=O) groups excluding carboxylic acids is 1. The molecule has 128 valence electrons. The van der Waals surface area contributed by atoms with Gasteiger partial charge < -0.3 is 20.0 Å². The number of ether oxygens (including phenoxy) is 1. The van der Waals surface area contributed by atoms with E-state index in [1.54, 1.807) is 18.2 Å². The van der Waals surface area contributed by atoms with Crippen LogP contribution < -0.4 is 15.7 Å². The maximum absolute atomic E-state index is 12.7. The predicted octanol–water partition coefficient (Wildman–Crippen LogP) is 3.73. The first-order valence-corrected chi connectivity index (χ1v) is 8.87. The van der Waals surface area contributed by atoms with Crippen molar-refractivity contribution < 1.29 is 9.53 Å². The van der Waals surface area contributed by atoms with E-state index in [9.17, 15) is 9.59 Å². The van der Waals surface area contributed by atoms with Crippen LogP contribution in [0.25, 0.3) is 21.5 Å². The maximum atomic E-state index is 12.7. The number of hydrogen-bond acceptors (Lipinski definition) is 4. The van der Waals surface area contributed by atoms with Gasteiger partial charge in [0.25, 0.3) is 5.91 Å². The van der Waals surface area contributed by atoms with Crippen molar-refractivity contribution in [3.8, 4) is 16.2 Å². The van der Waals surface area contributed by atoms with Crippen molar-refractivity contribution in [1.82, 2.24) is 9.97 Å². The molecule has 5 rings (SSSR count). The molecule has 2 aromatic heterocycles. The second kappa shape index (κ2) is 5.60. The van der Waals surface area contributed by atoms with Crippen molar-refractivity contribution in [2.24, 2.45) is 0 Å². The van der Waals surface area contributed by atoms with E-state index in [4.69, 9.17) is 4.74 Å². The van der Waals surface area contributed by atoms with Crippen molar-refractivity contribution in [2.45, 2.75) is 6.61 Å². The Morgan fingerprint density at radius 2 is 1.92 bits per heavy atom. The maximum Gasteiger partial charge on any atom is 0.323 e. The third-order valence-corrected chi connectivity index (χ3v) is 5.53. The second-order valence-corrected chi connectivity index (χ2v) is 7.10. The van der Waals surface area contributed by atoms with Crippen LogP contribution in [0.3, 0.4) is 0 Å². The number of nitrogens with one attached hydrogen (secondary N) is 3. The molecule has 1 amide bonds. The first-order chi connectivity index (χ1) is 12.7. The van der Waals surface area contributed by atoms with E-state index >= 15 is 0 Å². The lowest BCUT2D eigenvalue weighted by molar-refractivity contribution is 0.103. The smallest absolute Gasteiger partial charge is 0.323 e. The minimum atomic E-state index is -0.270. The van der Waals surface area contributed by atoms with Crippen molar-refractivity contribution in [3.05, 3.63) is 69.5 Å². The van der Waals surface area contributed by atoms with Gasteiger partial charge in [-0.25, -0.2) is 4.79 Å². The highest BCUT2D eigenvalue weighted by Gasteiger charge is 2.22. The molecule has 2 aromatic carbocycles. The van der Waals surface area contributed by atoms with Crippen LogP contribution in [0.1, 0.15) is 15.2 Å². The molecule has 0 saturated carbocycles. The molecule has 0 saturated heterocycles. The number of thiophene rings is 1. The molecule has 4 aromatic rings. The number of rotatable bonds is 2. The van der Waals surface area contributed by atoms with E-state index in [2.05, 4.69) is 15.3 Å². The van der Waals surface area contributed by atoms with E-state index in [1.807, 2.05) is 30.3 Å². The molecule has 0 fully saturated rings. The van der Waals surface area contributed by atoms with E-state index in [0.717, 1.165) is 21.8 Å². The Bertz CT molecular complexity index is 1220. The fourth-order valence-electron chi connectivity index (χ4n) is 3.11. The first-order valence-electron chi connectivity index (χ1n) is 8.06. The fourth-order valence-corrected chi connectivity index (χ4v) is 4.21. The van der Waals surface area contributed by atoms with Crippen molar-refractivity contribution >= 4 is 34.0 Å². The minimum Gasteiger partial charge on any atom is -0.488 e. The monoisotopic (exact) mass is 363 g/mol. The number of fused-ring (bicyclic) bond motifs is 4. The molecule has 1 aliphatic rings. The molecule has 0 spiro atoms. The normalized spacial score (nSPS) is 12.3. The number of H-pyrrole nitrogens is 2. The van der Waals surface area contributed by atoms with E-state index < -0.39 is 0 Å². The summed E-state index contributed by atoms with van der Waals surface area (Å²) in [5, 5.41) is 2.89. The molecule has 6 nitrogen and oxygen atoms in total. The summed E-state index contributed by atoms with van der Waals surface area (Å²) in [5.41, 5.74) is 3.75. The summed E-state index contributed by atoms with van der Waals surface area (Å²) in [6.07, 6.45) is 0. The van der Waals surface area contributed by atoms with Crippen LogP contribution in [0.2, 0.25) is 0 Å². The largest absolute Gasteiger partial charge is 0.488 e. The number of amides is 1. The number of benzene rings is 2. The average molecular weight is 363 g/mol. The zero-order valence-corrected chi connectivity index (χ0v) is 14.3. The van der Waals surface area contributed by atoms with Gasteiger partial charge in [0.1, 0.15) is 12.4 Å². The summed E-state index contributed by atoms with van der Waals surface area (Å²) in [6.45, 7) is 0.465. The Morgan fingerprint density at radius 3 is 2.85 bits per heavy atom. The van der Waals surface area contributed by atoms with Crippen LogP contribution in [-0.4, -0.2) is 15.9 Å². The van der Waals surface area contributed by atoms with Crippen LogP contribution in [0.15, 0.2) is 53.3 Å². The number of anilines is 1. The highest BCUT2D eigenvalue weighted by atomic mass is 32.1. The van der Waals surface area contributed by atoms with Crippen molar-refractivity contribution in [2.75, 3.05) is 5.32 Å². The Balaban J connectivity index is 1.46. The molecule has 7 heteroatoms. The fraction of sp³-hybridized carbons (Fsp3) is 0.0526. The standard InChI is InChI=1S/C19H13N3O3S/c23-18(20-11-5-6-13-14(8-11)22-19(24)21-13)16-7-10-9-25-15-4-2-1-3-12(15)17(10)26-16/h1-8H,9H2,(H,20,23)(H2,21,22,24). The van der Waals surface area contributed by atoms with Crippen LogP contribution in [0, 0.1) is 0 Å². The van der Waals surface area contributed by atoms with Gasteiger partial charge in [0.15, 0.2) is 0 Å². The summed E-state index contributed by atoms with van der Waals surface area (Å²) in [7, 11) is 0. The molecule has 0 aliphatic carbocycles. The molecule has 3 N–H and O–H groups in total. The molecule has 1 aliphatic heterocycles. The number of carbonyl (C=O) groups is 1. The average Bonchev–Trinajstić information content (AvgIpc) is 3.24. The Kier molecular flexibility index (Phi) is 3.23. The molecule has 0 radical (unpaired) electrons. The zero-order chi connectivity index (χ0) is 17.7. The first kappa shape index (κ1) is 15.0. The van der Waals surface area contributed by atoms with Gasteiger partial charge in [0.05, 0.1) is 15.9 Å². The van der Waals surface area contributed by atoms with E-state index in [-0.39, 0.29) is 11.6 Å². The lowest BCUT2D eigenvalue weighted by Crippen LogP contribution is -2.10. The third-order valence-electron chi connectivity index (χ3n) is 4.32. The molecule has 0 unspecified atom stereocenters. The Labute approximate surface area is 151 Å². The second-order valence-electron chi connectivity index (χ2n) is 6.04. The molecule has 0 atom stereocenters. The molecule has 0 bridgehead atoms. The van der Waals surface area contributed by atoms with Crippen LogP contribution in [-0.2, 0) is 6.61 Å². The summed E-state index contributed by atoms with van der Waals surface area (Å²) in [5.74, 6) is 0.662. The van der Waals surface area contributed by atoms with Gasteiger partial charge in [0.2, 0.25) is 0 Å². The topological polar surface area (TPSA) is 87.0 Å². The highest BCUT2D eigenvalue weighted by Crippen LogP contribution is 2.42. The summed E-state index contributed by atoms with van der Waals surface area (Å²) in [6, 6.07) is 15.0. The zero-order valence-electron chi connectivity index (χ0n) is 13.5. The highest BCUT2D eigenvalue weighted by molar-refractivity contribution is 7.17. The van der Waals surface area contributed by atoms with Gasteiger partial charge in [-0.05, 0) is 36.4 Å². The van der Waals surface area contributed by atoms with Gasteiger partial charge in [0, 0.05) is 21.7 Å². The SMILES string of the molecule is O=C(Nc1ccc2[nH]c(=O)[nH]c2c1)c1cc2c(s1)-c1ccccc1OC2. The van der Waals surface area contributed by atoms with Crippen molar-refractivity contribution in [1.29, 1.82) is 0 Å². The molecule has 3 heterocycles. The number of imidazole rings is 1. The van der Waals surface area contributed by atoms with Gasteiger partial charge in [-0.15, -0.1) is 11.3 Å². The van der Waals surface area contributed by atoms with E-state index in [1.165, 1.54) is 11.3 Å². The van der Waals surface area contributed by atoms with Crippen LogP contribution in [0.4, 0.5) is 5.69 Å². The lowest BCUT2D eigenvalue weighted by atomic mass is 10.1. The van der Waals surface area contributed by atoms with Gasteiger partial charge in [-0.2, -0.15) is 0 Å². The van der Waals surface area contributed by atoms with Gasteiger partial charge >= 0.3 is 5.69 Å². The quantitative estimate of drug-likeness (QED) is 0.507. The number of hydrogen-bond donors (Lipinski definition) is 3. The Morgan fingerprint density at radius 1 is 1.08 bits per heavy atom. The van der Waals surface area contributed by atoms with Crippen LogP contribution >= 0.6 is 11.3 Å².